The maximum absolute atomic E-state index is 13.6. The van der Waals surface area contributed by atoms with Crippen LogP contribution < -0.4 is 0 Å². The molecule has 5 heteroatoms. The van der Waals surface area contributed by atoms with Gasteiger partial charge in [0.1, 0.15) is 12.1 Å². The van der Waals surface area contributed by atoms with Gasteiger partial charge in [0.15, 0.2) is 0 Å². The minimum absolute atomic E-state index is 0.272. The fourth-order valence-corrected chi connectivity index (χ4v) is 2.48. The highest BCUT2D eigenvalue weighted by atomic mass is 32.2. The van der Waals surface area contributed by atoms with Gasteiger partial charge in [-0.1, -0.05) is 6.07 Å². The van der Waals surface area contributed by atoms with Gasteiger partial charge >= 0.3 is 0 Å². The van der Waals surface area contributed by atoms with Crippen molar-refractivity contribution in [3.63, 3.8) is 0 Å². The number of aryl methyl sites for hydroxylation is 1. The van der Waals surface area contributed by atoms with Crippen molar-refractivity contribution >= 4 is 11.8 Å². The summed E-state index contributed by atoms with van der Waals surface area (Å²) >= 11 is 1.20. The van der Waals surface area contributed by atoms with Crippen molar-refractivity contribution < 1.29 is 13.9 Å². The van der Waals surface area contributed by atoms with Crippen molar-refractivity contribution in [3.05, 3.63) is 41.5 Å². The molecule has 0 aliphatic heterocycles. The van der Waals surface area contributed by atoms with Gasteiger partial charge in [0.25, 0.3) is 5.22 Å². The number of oxazole rings is 1. The van der Waals surface area contributed by atoms with Crippen molar-refractivity contribution in [2.24, 2.45) is 0 Å². The Morgan fingerprint density at radius 1 is 1.47 bits per heavy atom. The number of hydrogen-bond donors (Lipinski definition) is 1. The van der Waals surface area contributed by atoms with Gasteiger partial charge in [-0.3, -0.25) is 0 Å². The minimum Gasteiger partial charge on any atom is -0.439 e. The summed E-state index contributed by atoms with van der Waals surface area (Å²) in [4.78, 5) is 4.74. The zero-order valence-electron chi connectivity index (χ0n) is 9.48. The number of rotatable bonds is 3. The second-order valence-corrected chi connectivity index (χ2v) is 4.68. The van der Waals surface area contributed by atoms with E-state index >= 15 is 0 Å². The SMILES string of the molecule is Cc1coc(Sc2cccc(F)c2C(C)O)n1. The summed E-state index contributed by atoms with van der Waals surface area (Å²) in [6.45, 7) is 3.35. The fourth-order valence-electron chi connectivity index (χ4n) is 1.48. The zero-order valence-corrected chi connectivity index (χ0v) is 10.3. The number of aromatic nitrogens is 1. The number of hydrogen-bond acceptors (Lipinski definition) is 4. The van der Waals surface area contributed by atoms with Crippen LogP contribution in [-0.4, -0.2) is 10.1 Å². The lowest BCUT2D eigenvalue weighted by atomic mass is 10.1. The molecule has 0 saturated carbocycles. The first-order valence-electron chi connectivity index (χ1n) is 5.14. The first-order chi connectivity index (χ1) is 8.08. The molecule has 0 spiro atoms. The van der Waals surface area contributed by atoms with Crippen LogP contribution in [0.4, 0.5) is 4.39 Å². The molecule has 1 N–H and O–H groups in total. The molecule has 1 heterocycles. The molecule has 2 aromatic rings. The lowest BCUT2D eigenvalue weighted by molar-refractivity contribution is 0.191. The Balaban J connectivity index is 2.35. The molecule has 0 aliphatic carbocycles. The molecule has 2 rings (SSSR count). The molecule has 0 aliphatic rings. The summed E-state index contributed by atoms with van der Waals surface area (Å²) < 4.78 is 18.8. The van der Waals surface area contributed by atoms with E-state index in [4.69, 9.17) is 4.42 Å². The molecular weight excluding hydrogens is 241 g/mol. The number of halogens is 1. The first-order valence-corrected chi connectivity index (χ1v) is 5.96. The molecule has 0 bridgehead atoms. The molecule has 0 fully saturated rings. The van der Waals surface area contributed by atoms with Crippen molar-refractivity contribution in [2.45, 2.75) is 30.1 Å². The van der Waals surface area contributed by atoms with E-state index in [9.17, 15) is 9.50 Å². The fraction of sp³-hybridized carbons (Fsp3) is 0.250. The number of aliphatic hydroxyl groups excluding tert-OH is 1. The predicted molar refractivity (Wildman–Crippen MR) is 62.4 cm³/mol. The molecule has 1 unspecified atom stereocenters. The Bertz CT molecular complexity index is 525. The van der Waals surface area contributed by atoms with Gasteiger partial charge < -0.3 is 9.52 Å². The maximum Gasteiger partial charge on any atom is 0.260 e. The first kappa shape index (κ1) is 12.1. The summed E-state index contributed by atoms with van der Waals surface area (Å²) in [5.41, 5.74) is 1.04. The molecular formula is C12H12FNO2S. The Hall–Kier alpha value is -1.33. The Morgan fingerprint density at radius 2 is 2.24 bits per heavy atom. The van der Waals surface area contributed by atoms with Crippen molar-refractivity contribution in [2.75, 3.05) is 0 Å². The highest BCUT2D eigenvalue weighted by Crippen LogP contribution is 2.34. The van der Waals surface area contributed by atoms with Crippen LogP contribution in [0.15, 0.2) is 39.0 Å². The van der Waals surface area contributed by atoms with Crippen LogP contribution in [0.3, 0.4) is 0 Å². The molecule has 0 saturated heterocycles. The van der Waals surface area contributed by atoms with E-state index in [1.54, 1.807) is 12.1 Å². The summed E-state index contributed by atoms with van der Waals surface area (Å²) in [7, 11) is 0. The second kappa shape index (κ2) is 4.89. The van der Waals surface area contributed by atoms with E-state index in [1.807, 2.05) is 6.92 Å². The Labute approximate surface area is 103 Å². The predicted octanol–water partition coefficient (Wildman–Crippen LogP) is 3.33. The molecule has 90 valence electrons. The van der Waals surface area contributed by atoms with E-state index in [2.05, 4.69) is 4.98 Å². The van der Waals surface area contributed by atoms with Crippen LogP contribution in [0.1, 0.15) is 24.3 Å². The molecule has 1 aromatic carbocycles. The largest absolute Gasteiger partial charge is 0.439 e. The van der Waals surface area contributed by atoms with E-state index in [0.29, 0.717) is 10.1 Å². The van der Waals surface area contributed by atoms with Gasteiger partial charge in [0.2, 0.25) is 0 Å². The molecule has 17 heavy (non-hydrogen) atoms. The monoisotopic (exact) mass is 253 g/mol. The standard InChI is InChI=1S/C12H12FNO2S/c1-7-6-16-12(14-7)17-10-5-3-4-9(13)11(10)8(2)15/h3-6,8,15H,1-2H3. The highest BCUT2D eigenvalue weighted by molar-refractivity contribution is 7.99. The summed E-state index contributed by atoms with van der Waals surface area (Å²) in [5.74, 6) is -0.423. The average Bonchev–Trinajstić information content (AvgIpc) is 2.63. The topological polar surface area (TPSA) is 46.3 Å². The zero-order chi connectivity index (χ0) is 12.4. The molecule has 3 nitrogen and oxygen atoms in total. The van der Waals surface area contributed by atoms with E-state index in [0.717, 1.165) is 5.69 Å². The van der Waals surface area contributed by atoms with Crippen LogP contribution in [0.5, 0.6) is 0 Å². The lowest BCUT2D eigenvalue weighted by Crippen LogP contribution is -1.98. The number of benzene rings is 1. The second-order valence-electron chi connectivity index (χ2n) is 3.68. The van der Waals surface area contributed by atoms with Crippen molar-refractivity contribution in [1.29, 1.82) is 0 Å². The van der Waals surface area contributed by atoms with Crippen molar-refractivity contribution in [1.82, 2.24) is 4.98 Å². The normalized spacial score (nSPS) is 12.7. The van der Waals surface area contributed by atoms with Crippen LogP contribution in [0.2, 0.25) is 0 Å². The minimum atomic E-state index is -0.866. The summed E-state index contributed by atoms with van der Waals surface area (Å²) in [6, 6.07) is 4.65. The number of nitrogens with zero attached hydrogens (tertiary/aromatic N) is 1. The van der Waals surface area contributed by atoms with Gasteiger partial charge in [0, 0.05) is 10.5 Å². The van der Waals surface area contributed by atoms with Gasteiger partial charge in [-0.05, 0) is 37.7 Å². The van der Waals surface area contributed by atoms with E-state index in [-0.39, 0.29) is 5.56 Å². The molecule has 0 amide bonds. The lowest BCUT2D eigenvalue weighted by Gasteiger charge is -2.10. The molecule has 1 aromatic heterocycles. The van der Waals surface area contributed by atoms with Crippen LogP contribution >= 0.6 is 11.8 Å². The van der Waals surface area contributed by atoms with Gasteiger partial charge in [0.05, 0.1) is 11.8 Å². The molecule has 1 atom stereocenters. The van der Waals surface area contributed by atoms with E-state index < -0.39 is 11.9 Å². The quantitative estimate of drug-likeness (QED) is 0.911. The number of aliphatic hydroxyl groups is 1. The van der Waals surface area contributed by atoms with Gasteiger partial charge in [-0.25, -0.2) is 9.37 Å². The third-order valence-electron chi connectivity index (χ3n) is 2.23. The average molecular weight is 253 g/mol. The Morgan fingerprint density at radius 3 is 2.82 bits per heavy atom. The van der Waals surface area contributed by atoms with E-state index in [1.165, 1.54) is 31.0 Å². The summed E-state index contributed by atoms with van der Waals surface area (Å²) in [5, 5.41) is 10.0. The van der Waals surface area contributed by atoms with Crippen LogP contribution in [-0.2, 0) is 0 Å². The highest BCUT2D eigenvalue weighted by Gasteiger charge is 2.16. The summed E-state index contributed by atoms with van der Waals surface area (Å²) in [6.07, 6.45) is 0.665. The van der Waals surface area contributed by atoms with Gasteiger partial charge in [-0.15, -0.1) is 0 Å². The maximum atomic E-state index is 13.6. The van der Waals surface area contributed by atoms with Crippen LogP contribution in [0, 0.1) is 12.7 Å². The van der Waals surface area contributed by atoms with Crippen molar-refractivity contribution in [3.8, 4) is 0 Å². The third kappa shape index (κ3) is 2.68. The third-order valence-corrected chi connectivity index (χ3v) is 3.16. The molecule has 0 radical (unpaired) electrons. The van der Waals surface area contributed by atoms with Crippen LogP contribution in [0.25, 0.3) is 0 Å². The Kier molecular flexibility index (Phi) is 3.49. The van der Waals surface area contributed by atoms with Gasteiger partial charge in [-0.2, -0.15) is 0 Å². The smallest absolute Gasteiger partial charge is 0.260 e.